The monoisotopic (exact) mass is 282 g/mol. The van der Waals surface area contributed by atoms with Gasteiger partial charge in [-0.2, -0.15) is 0 Å². The standard InChI is InChI=1S/C14H18O4S/c1-4-17-13(15)10-7-11(14(16)18-5-2)9-12(8-10)19-6-3/h7-9H,4-6H2,1-3H3. The van der Waals surface area contributed by atoms with Gasteiger partial charge in [-0.1, -0.05) is 6.92 Å². The van der Waals surface area contributed by atoms with Crippen LogP contribution in [0.2, 0.25) is 0 Å². The molecule has 0 saturated heterocycles. The second kappa shape index (κ2) is 7.84. The van der Waals surface area contributed by atoms with E-state index < -0.39 is 11.9 Å². The molecule has 0 unspecified atom stereocenters. The van der Waals surface area contributed by atoms with E-state index in [0.717, 1.165) is 10.6 Å². The number of esters is 2. The van der Waals surface area contributed by atoms with Gasteiger partial charge in [-0.05, 0) is 37.8 Å². The van der Waals surface area contributed by atoms with Crippen LogP contribution in [0.3, 0.4) is 0 Å². The second-order valence-corrected chi connectivity index (χ2v) is 4.96. The molecule has 1 aromatic rings. The van der Waals surface area contributed by atoms with Crippen molar-refractivity contribution in [2.75, 3.05) is 19.0 Å². The van der Waals surface area contributed by atoms with Crippen LogP contribution in [0.1, 0.15) is 41.5 Å². The van der Waals surface area contributed by atoms with Crippen molar-refractivity contribution in [3.63, 3.8) is 0 Å². The molecular formula is C14H18O4S. The van der Waals surface area contributed by atoms with Crippen molar-refractivity contribution < 1.29 is 19.1 Å². The van der Waals surface area contributed by atoms with Crippen molar-refractivity contribution in [3.05, 3.63) is 29.3 Å². The molecule has 19 heavy (non-hydrogen) atoms. The fourth-order valence-electron chi connectivity index (χ4n) is 1.51. The minimum atomic E-state index is -0.424. The van der Waals surface area contributed by atoms with E-state index in [1.165, 1.54) is 6.07 Å². The smallest absolute Gasteiger partial charge is 0.338 e. The molecule has 0 amide bonds. The van der Waals surface area contributed by atoms with E-state index in [1.54, 1.807) is 37.7 Å². The predicted octanol–water partition coefficient (Wildman–Crippen LogP) is 3.15. The molecule has 0 aliphatic heterocycles. The van der Waals surface area contributed by atoms with Crippen LogP contribution in [-0.4, -0.2) is 30.9 Å². The van der Waals surface area contributed by atoms with Gasteiger partial charge in [0.15, 0.2) is 0 Å². The summed E-state index contributed by atoms with van der Waals surface area (Å²) in [6.45, 7) is 6.10. The number of hydrogen-bond acceptors (Lipinski definition) is 5. The zero-order valence-electron chi connectivity index (χ0n) is 11.4. The fourth-order valence-corrected chi connectivity index (χ4v) is 2.27. The topological polar surface area (TPSA) is 52.6 Å². The minimum Gasteiger partial charge on any atom is -0.462 e. The average Bonchev–Trinajstić information content (AvgIpc) is 2.39. The fraction of sp³-hybridized carbons (Fsp3) is 0.429. The van der Waals surface area contributed by atoms with Crippen molar-refractivity contribution in [2.45, 2.75) is 25.7 Å². The highest BCUT2D eigenvalue weighted by molar-refractivity contribution is 7.99. The van der Waals surface area contributed by atoms with E-state index in [4.69, 9.17) is 9.47 Å². The van der Waals surface area contributed by atoms with Crippen LogP contribution in [0.4, 0.5) is 0 Å². The summed E-state index contributed by atoms with van der Waals surface area (Å²) >= 11 is 1.56. The van der Waals surface area contributed by atoms with E-state index in [9.17, 15) is 9.59 Å². The van der Waals surface area contributed by atoms with Crippen LogP contribution in [0.15, 0.2) is 23.1 Å². The number of thioether (sulfide) groups is 1. The Labute approximate surface area is 117 Å². The molecular weight excluding hydrogens is 264 g/mol. The van der Waals surface area contributed by atoms with Crippen molar-refractivity contribution in [1.82, 2.24) is 0 Å². The molecule has 0 aliphatic carbocycles. The van der Waals surface area contributed by atoms with E-state index in [2.05, 4.69) is 0 Å². The highest BCUT2D eigenvalue weighted by Gasteiger charge is 2.14. The molecule has 0 atom stereocenters. The summed E-state index contributed by atoms with van der Waals surface area (Å²) in [6.07, 6.45) is 0. The normalized spacial score (nSPS) is 10.1. The summed E-state index contributed by atoms with van der Waals surface area (Å²) in [6, 6.07) is 4.97. The lowest BCUT2D eigenvalue weighted by molar-refractivity contribution is 0.0524. The molecule has 0 aromatic heterocycles. The van der Waals surface area contributed by atoms with Gasteiger partial charge in [0, 0.05) is 4.90 Å². The van der Waals surface area contributed by atoms with Crippen LogP contribution in [0.5, 0.6) is 0 Å². The number of carbonyl (C=O) groups is 2. The van der Waals surface area contributed by atoms with E-state index in [1.807, 2.05) is 6.92 Å². The molecule has 0 fully saturated rings. The quantitative estimate of drug-likeness (QED) is 0.592. The Balaban J connectivity index is 3.09. The van der Waals surface area contributed by atoms with Gasteiger partial charge in [0.1, 0.15) is 0 Å². The first-order valence-electron chi connectivity index (χ1n) is 6.24. The van der Waals surface area contributed by atoms with Crippen molar-refractivity contribution in [2.24, 2.45) is 0 Å². The number of ether oxygens (including phenoxy) is 2. The lowest BCUT2D eigenvalue weighted by Gasteiger charge is -2.08. The maximum atomic E-state index is 11.8. The number of benzene rings is 1. The van der Waals surface area contributed by atoms with Crippen molar-refractivity contribution in [1.29, 1.82) is 0 Å². The molecule has 0 spiro atoms. The highest BCUT2D eigenvalue weighted by atomic mass is 32.2. The van der Waals surface area contributed by atoms with Crippen LogP contribution >= 0.6 is 11.8 Å². The molecule has 0 radical (unpaired) electrons. The van der Waals surface area contributed by atoms with Gasteiger partial charge in [-0.3, -0.25) is 0 Å². The maximum absolute atomic E-state index is 11.8. The Morgan fingerprint density at radius 1 is 0.947 bits per heavy atom. The molecule has 1 rings (SSSR count). The third-order valence-corrected chi connectivity index (χ3v) is 3.10. The van der Waals surface area contributed by atoms with Gasteiger partial charge >= 0.3 is 11.9 Å². The molecule has 0 heterocycles. The van der Waals surface area contributed by atoms with Gasteiger partial charge in [0.05, 0.1) is 24.3 Å². The van der Waals surface area contributed by atoms with Gasteiger partial charge < -0.3 is 9.47 Å². The molecule has 104 valence electrons. The van der Waals surface area contributed by atoms with Crippen LogP contribution in [-0.2, 0) is 9.47 Å². The SMILES string of the molecule is CCOC(=O)c1cc(SCC)cc(C(=O)OCC)c1. The maximum Gasteiger partial charge on any atom is 0.338 e. The number of carbonyl (C=O) groups excluding carboxylic acids is 2. The largest absolute Gasteiger partial charge is 0.462 e. The first-order valence-corrected chi connectivity index (χ1v) is 7.23. The molecule has 4 nitrogen and oxygen atoms in total. The predicted molar refractivity (Wildman–Crippen MR) is 74.8 cm³/mol. The Hall–Kier alpha value is -1.49. The number of rotatable bonds is 6. The van der Waals surface area contributed by atoms with Gasteiger partial charge in [-0.25, -0.2) is 9.59 Å². The third-order valence-electron chi connectivity index (χ3n) is 2.24. The first-order chi connectivity index (χ1) is 9.12. The van der Waals surface area contributed by atoms with Crippen LogP contribution in [0.25, 0.3) is 0 Å². The Morgan fingerprint density at radius 2 is 1.42 bits per heavy atom. The summed E-state index contributed by atoms with van der Waals surface area (Å²) in [7, 11) is 0. The molecule has 0 N–H and O–H groups in total. The second-order valence-electron chi connectivity index (χ2n) is 3.62. The van der Waals surface area contributed by atoms with Crippen molar-refractivity contribution >= 4 is 23.7 Å². The molecule has 1 aromatic carbocycles. The zero-order chi connectivity index (χ0) is 14.3. The van der Waals surface area contributed by atoms with E-state index >= 15 is 0 Å². The lowest BCUT2D eigenvalue weighted by atomic mass is 10.1. The summed E-state index contributed by atoms with van der Waals surface area (Å²) in [5.74, 6) is 0.00681. The zero-order valence-corrected chi connectivity index (χ0v) is 12.2. The Kier molecular flexibility index (Phi) is 6.42. The Bertz CT molecular complexity index is 421. The lowest BCUT2D eigenvalue weighted by Crippen LogP contribution is -2.09. The summed E-state index contributed by atoms with van der Waals surface area (Å²) in [5.41, 5.74) is 0.756. The van der Waals surface area contributed by atoms with E-state index in [0.29, 0.717) is 24.3 Å². The molecule has 0 bridgehead atoms. The summed E-state index contributed by atoms with van der Waals surface area (Å²) < 4.78 is 9.91. The number of hydrogen-bond donors (Lipinski definition) is 0. The Morgan fingerprint density at radius 3 is 1.79 bits per heavy atom. The van der Waals surface area contributed by atoms with Crippen LogP contribution < -0.4 is 0 Å². The van der Waals surface area contributed by atoms with Gasteiger partial charge in [0.25, 0.3) is 0 Å². The van der Waals surface area contributed by atoms with Gasteiger partial charge in [-0.15, -0.1) is 11.8 Å². The van der Waals surface area contributed by atoms with Crippen LogP contribution in [0, 0.1) is 0 Å². The van der Waals surface area contributed by atoms with Crippen molar-refractivity contribution in [3.8, 4) is 0 Å². The first kappa shape index (κ1) is 15.6. The summed E-state index contributed by atoms with van der Waals surface area (Å²) in [5, 5.41) is 0. The van der Waals surface area contributed by atoms with E-state index in [-0.39, 0.29) is 0 Å². The molecule has 5 heteroatoms. The third kappa shape index (κ3) is 4.59. The summed E-state index contributed by atoms with van der Waals surface area (Å²) in [4.78, 5) is 24.4. The molecule has 0 saturated carbocycles. The highest BCUT2D eigenvalue weighted by Crippen LogP contribution is 2.22. The minimum absolute atomic E-state index is 0.304. The van der Waals surface area contributed by atoms with Gasteiger partial charge in [0.2, 0.25) is 0 Å². The molecule has 0 aliphatic rings. The average molecular weight is 282 g/mol.